The van der Waals surface area contributed by atoms with Crippen molar-refractivity contribution in [3.8, 4) is 0 Å². The number of carbonyl (C=O) groups is 2. The van der Waals surface area contributed by atoms with Gasteiger partial charge in [-0.15, -0.1) is 0 Å². The Morgan fingerprint density at radius 2 is 2.13 bits per heavy atom. The van der Waals surface area contributed by atoms with Crippen LogP contribution < -0.4 is 10.6 Å². The summed E-state index contributed by atoms with van der Waals surface area (Å²) in [6, 6.07) is 9.66. The van der Waals surface area contributed by atoms with Crippen LogP contribution in [-0.4, -0.2) is 54.0 Å². The number of amides is 2. The minimum Gasteiger partial charge on any atom is -0.357 e. The van der Waals surface area contributed by atoms with Gasteiger partial charge in [-0.3, -0.25) is 9.59 Å². The van der Waals surface area contributed by atoms with Gasteiger partial charge in [-0.05, 0) is 24.4 Å². The first-order valence-electron chi connectivity index (χ1n) is 7.88. The molecule has 23 heavy (non-hydrogen) atoms. The quantitative estimate of drug-likeness (QED) is 0.867. The van der Waals surface area contributed by atoms with Crippen molar-refractivity contribution in [3.63, 3.8) is 0 Å². The van der Waals surface area contributed by atoms with Crippen molar-refractivity contribution in [1.29, 1.82) is 0 Å². The molecule has 6 nitrogen and oxygen atoms in total. The number of benzene rings is 1. The molecule has 1 aliphatic rings. The Morgan fingerprint density at radius 3 is 2.91 bits per heavy atom. The molecule has 122 valence electrons. The molecule has 1 atom stereocenters. The summed E-state index contributed by atoms with van der Waals surface area (Å²) in [4.78, 5) is 26.5. The Morgan fingerprint density at radius 1 is 1.35 bits per heavy atom. The molecule has 0 radical (unpaired) electrons. The van der Waals surface area contributed by atoms with E-state index in [1.807, 2.05) is 35.8 Å². The minimum atomic E-state index is -0.441. The molecule has 2 heterocycles. The standard InChI is InChI=1S/C17H22N4O2/c1-12-9-13-5-3-4-6-14(13)21(12)11-16(22)20-8-7-19-10-15(20)17(23)18-2/h3-6,9,15,19H,7-8,10-11H2,1-2H3,(H,18,23). The first kappa shape index (κ1) is 15.6. The summed E-state index contributed by atoms with van der Waals surface area (Å²) in [5.74, 6) is -0.149. The van der Waals surface area contributed by atoms with Crippen molar-refractivity contribution in [2.45, 2.75) is 19.5 Å². The summed E-state index contributed by atoms with van der Waals surface area (Å²) < 4.78 is 2.01. The minimum absolute atomic E-state index is 0.0236. The number of para-hydroxylation sites is 1. The van der Waals surface area contributed by atoms with Crippen molar-refractivity contribution in [2.75, 3.05) is 26.7 Å². The van der Waals surface area contributed by atoms with E-state index in [9.17, 15) is 9.59 Å². The topological polar surface area (TPSA) is 66.4 Å². The van der Waals surface area contributed by atoms with E-state index in [0.29, 0.717) is 19.6 Å². The molecule has 1 unspecified atom stereocenters. The fraction of sp³-hybridized carbons (Fsp3) is 0.412. The van der Waals surface area contributed by atoms with Crippen molar-refractivity contribution in [2.24, 2.45) is 0 Å². The van der Waals surface area contributed by atoms with Gasteiger partial charge in [0.15, 0.2) is 0 Å². The second-order valence-corrected chi connectivity index (χ2v) is 5.85. The number of nitrogens with zero attached hydrogens (tertiary/aromatic N) is 2. The van der Waals surface area contributed by atoms with Gasteiger partial charge in [-0.1, -0.05) is 18.2 Å². The van der Waals surface area contributed by atoms with Crippen LogP contribution in [0.25, 0.3) is 10.9 Å². The van der Waals surface area contributed by atoms with Gasteiger partial charge in [-0.2, -0.15) is 0 Å². The maximum Gasteiger partial charge on any atom is 0.243 e. The molecular weight excluding hydrogens is 292 g/mol. The van der Waals surface area contributed by atoms with Crippen molar-refractivity contribution in [1.82, 2.24) is 20.1 Å². The van der Waals surface area contributed by atoms with E-state index in [2.05, 4.69) is 16.7 Å². The number of piperazine rings is 1. The van der Waals surface area contributed by atoms with E-state index in [1.54, 1.807) is 11.9 Å². The van der Waals surface area contributed by atoms with Gasteiger partial charge in [0.25, 0.3) is 0 Å². The number of likely N-dealkylation sites (N-methyl/N-ethyl adjacent to an activating group) is 1. The summed E-state index contributed by atoms with van der Waals surface area (Å²) in [5.41, 5.74) is 2.09. The van der Waals surface area contributed by atoms with Gasteiger partial charge in [0.05, 0.1) is 0 Å². The number of nitrogens with one attached hydrogen (secondary N) is 2. The third-order valence-corrected chi connectivity index (χ3v) is 4.42. The monoisotopic (exact) mass is 314 g/mol. The van der Waals surface area contributed by atoms with Crippen LogP contribution in [-0.2, 0) is 16.1 Å². The highest BCUT2D eigenvalue weighted by Crippen LogP contribution is 2.19. The van der Waals surface area contributed by atoms with Crippen LogP contribution in [0.1, 0.15) is 5.69 Å². The normalized spacial score (nSPS) is 18.2. The Hall–Kier alpha value is -2.34. The third-order valence-electron chi connectivity index (χ3n) is 4.42. The fourth-order valence-electron chi connectivity index (χ4n) is 3.19. The maximum atomic E-state index is 12.8. The molecule has 6 heteroatoms. The number of aryl methyl sites for hydroxylation is 1. The van der Waals surface area contributed by atoms with Crippen LogP contribution in [0.2, 0.25) is 0 Å². The highest BCUT2D eigenvalue weighted by Gasteiger charge is 2.31. The zero-order valence-corrected chi connectivity index (χ0v) is 13.5. The Balaban J connectivity index is 1.84. The summed E-state index contributed by atoms with van der Waals surface area (Å²) in [6.45, 7) is 4.02. The summed E-state index contributed by atoms with van der Waals surface area (Å²) in [5, 5.41) is 6.94. The van der Waals surface area contributed by atoms with Gasteiger partial charge < -0.3 is 20.1 Å². The second-order valence-electron chi connectivity index (χ2n) is 5.85. The number of aromatic nitrogens is 1. The van der Waals surface area contributed by atoms with Gasteiger partial charge >= 0.3 is 0 Å². The molecule has 2 N–H and O–H groups in total. The lowest BCUT2D eigenvalue weighted by Crippen LogP contribution is -2.59. The largest absolute Gasteiger partial charge is 0.357 e. The first-order chi connectivity index (χ1) is 11.1. The number of carbonyl (C=O) groups excluding carboxylic acids is 2. The van der Waals surface area contributed by atoms with Crippen LogP contribution in [0, 0.1) is 6.92 Å². The molecule has 1 saturated heterocycles. The van der Waals surface area contributed by atoms with Crippen LogP contribution in [0.5, 0.6) is 0 Å². The zero-order chi connectivity index (χ0) is 16.4. The van der Waals surface area contributed by atoms with Crippen molar-refractivity contribution in [3.05, 3.63) is 36.0 Å². The SMILES string of the molecule is CNC(=O)C1CNCCN1C(=O)Cn1c(C)cc2ccccc21. The smallest absolute Gasteiger partial charge is 0.243 e. The molecule has 1 aromatic heterocycles. The van der Waals surface area contributed by atoms with Crippen molar-refractivity contribution >= 4 is 22.7 Å². The van der Waals surface area contributed by atoms with Crippen LogP contribution in [0.3, 0.4) is 0 Å². The molecule has 0 aliphatic carbocycles. The Bertz CT molecular complexity index is 737. The van der Waals surface area contributed by atoms with E-state index in [4.69, 9.17) is 0 Å². The molecule has 0 saturated carbocycles. The molecule has 2 amide bonds. The van der Waals surface area contributed by atoms with E-state index >= 15 is 0 Å². The van der Waals surface area contributed by atoms with Gasteiger partial charge in [0.1, 0.15) is 12.6 Å². The van der Waals surface area contributed by atoms with E-state index in [-0.39, 0.29) is 18.4 Å². The van der Waals surface area contributed by atoms with Crippen LogP contribution in [0.4, 0.5) is 0 Å². The van der Waals surface area contributed by atoms with E-state index in [0.717, 1.165) is 16.6 Å². The lowest BCUT2D eigenvalue weighted by atomic mass is 10.1. The second kappa shape index (κ2) is 6.42. The fourth-order valence-corrected chi connectivity index (χ4v) is 3.19. The predicted octanol–water partition coefficient (Wildman–Crippen LogP) is 0.496. The summed E-state index contributed by atoms with van der Waals surface area (Å²) in [6.07, 6.45) is 0. The molecule has 1 aromatic carbocycles. The molecule has 0 bridgehead atoms. The molecule has 3 rings (SSSR count). The highest BCUT2D eigenvalue weighted by atomic mass is 16.2. The van der Waals surface area contributed by atoms with E-state index < -0.39 is 6.04 Å². The third kappa shape index (κ3) is 2.94. The predicted molar refractivity (Wildman–Crippen MR) is 89.1 cm³/mol. The number of hydrogen-bond donors (Lipinski definition) is 2. The lowest BCUT2D eigenvalue weighted by molar-refractivity contribution is -0.141. The highest BCUT2D eigenvalue weighted by molar-refractivity contribution is 5.89. The van der Waals surface area contributed by atoms with Crippen LogP contribution >= 0.6 is 0 Å². The van der Waals surface area contributed by atoms with Crippen molar-refractivity contribution < 1.29 is 9.59 Å². The molecule has 2 aromatic rings. The average molecular weight is 314 g/mol. The molecule has 0 spiro atoms. The van der Waals surface area contributed by atoms with Gasteiger partial charge in [0.2, 0.25) is 11.8 Å². The molecular formula is C17H22N4O2. The number of rotatable bonds is 3. The molecule has 1 fully saturated rings. The first-order valence-corrected chi connectivity index (χ1v) is 7.88. The van der Waals surface area contributed by atoms with Crippen LogP contribution in [0.15, 0.2) is 30.3 Å². The zero-order valence-electron chi connectivity index (χ0n) is 13.5. The maximum absolute atomic E-state index is 12.8. The summed E-state index contributed by atoms with van der Waals surface area (Å²) in [7, 11) is 1.60. The average Bonchev–Trinajstić information content (AvgIpc) is 2.90. The van der Waals surface area contributed by atoms with Gasteiger partial charge in [0, 0.05) is 37.9 Å². The Labute approximate surface area is 135 Å². The summed E-state index contributed by atoms with van der Waals surface area (Å²) >= 11 is 0. The number of hydrogen-bond acceptors (Lipinski definition) is 3. The molecule has 1 aliphatic heterocycles. The van der Waals surface area contributed by atoms with Gasteiger partial charge in [-0.25, -0.2) is 0 Å². The Kier molecular flexibility index (Phi) is 4.34. The lowest BCUT2D eigenvalue weighted by Gasteiger charge is -2.35. The van der Waals surface area contributed by atoms with E-state index in [1.165, 1.54) is 0 Å². The number of fused-ring (bicyclic) bond motifs is 1.